The number of nitrogens with one attached hydrogen (secondary N) is 2. The third kappa shape index (κ3) is 4.91. The number of carbonyl (C=O) groups excluding carboxylic acids is 2. The van der Waals surface area contributed by atoms with Crippen LogP contribution in [0.2, 0.25) is 0 Å². The minimum absolute atomic E-state index is 0.181. The molecule has 0 saturated carbocycles. The first kappa shape index (κ1) is 23.4. The molecule has 1 aliphatic rings. The maximum absolute atomic E-state index is 13.0. The van der Waals surface area contributed by atoms with Gasteiger partial charge in [-0.15, -0.1) is 0 Å². The molecule has 3 heterocycles. The van der Waals surface area contributed by atoms with Gasteiger partial charge in [-0.05, 0) is 25.1 Å². The molecule has 1 aliphatic heterocycles. The first-order valence-corrected chi connectivity index (χ1v) is 11.2. The molecule has 0 atom stereocenters. The van der Waals surface area contributed by atoms with Crippen molar-refractivity contribution in [2.45, 2.75) is 6.92 Å². The van der Waals surface area contributed by atoms with Gasteiger partial charge in [-0.25, -0.2) is 9.78 Å². The molecule has 0 spiro atoms. The lowest BCUT2D eigenvalue weighted by Gasteiger charge is -2.34. The van der Waals surface area contributed by atoms with Crippen molar-refractivity contribution in [1.29, 1.82) is 0 Å². The third-order valence-electron chi connectivity index (χ3n) is 5.76. The first-order valence-electron chi connectivity index (χ1n) is 11.2. The number of rotatable bonds is 8. The number of aromatic amines is 1. The number of piperazine rings is 1. The van der Waals surface area contributed by atoms with Crippen LogP contribution in [0.1, 0.15) is 17.4 Å². The van der Waals surface area contributed by atoms with Crippen molar-refractivity contribution in [2.24, 2.45) is 0 Å². The third-order valence-corrected chi connectivity index (χ3v) is 5.76. The van der Waals surface area contributed by atoms with E-state index < -0.39 is 5.97 Å². The summed E-state index contributed by atoms with van der Waals surface area (Å²) < 4.78 is 16.0. The van der Waals surface area contributed by atoms with E-state index in [0.29, 0.717) is 28.1 Å². The van der Waals surface area contributed by atoms with Crippen LogP contribution >= 0.6 is 0 Å². The quantitative estimate of drug-likeness (QED) is 0.487. The Balaban J connectivity index is 1.50. The van der Waals surface area contributed by atoms with Crippen LogP contribution in [-0.2, 0) is 9.53 Å². The predicted octanol–water partition coefficient (Wildman–Crippen LogP) is 2.52. The standard InChI is InChI=1S/C24H29N5O5/c1-4-34-24(31)23-22(16-13-18(32-2)19(33-3)14-17(16)26-23)27-21(30)15-28-9-11-29(12-10-28)20-7-5-6-8-25-20/h5-8,13-14,26H,4,9-12,15H2,1-3H3,(H,27,30). The smallest absolute Gasteiger partial charge is 0.356 e. The van der Waals surface area contributed by atoms with Gasteiger partial charge in [0.15, 0.2) is 11.5 Å². The molecule has 4 rings (SSSR count). The number of aromatic nitrogens is 2. The van der Waals surface area contributed by atoms with E-state index in [9.17, 15) is 9.59 Å². The average molecular weight is 468 g/mol. The number of fused-ring (bicyclic) bond motifs is 1. The van der Waals surface area contributed by atoms with Gasteiger partial charge >= 0.3 is 5.97 Å². The molecule has 10 nitrogen and oxygen atoms in total. The van der Waals surface area contributed by atoms with Crippen molar-refractivity contribution >= 4 is 34.3 Å². The molecule has 34 heavy (non-hydrogen) atoms. The Kier molecular flexibility index (Phi) is 7.17. The van der Waals surface area contributed by atoms with Crippen molar-refractivity contribution in [1.82, 2.24) is 14.9 Å². The van der Waals surface area contributed by atoms with Gasteiger partial charge in [0, 0.05) is 43.8 Å². The number of H-pyrrole nitrogens is 1. The second-order valence-electron chi connectivity index (χ2n) is 7.85. The van der Waals surface area contributed by atoms with E-state index in [-0.39, 0.29) is 24.8 Å². The summed E-state index contributed by atoms with van der Waals surface area (Å²) in [6.07, 6.45) is 1.78. The number of methoxy groups -OCH3 is 2. The Morgan fingerprint density at radius 1 is 1.09 bits per heavy atom. The Labute approximate surface area is 197 Å². The summed E-state index contributed by atoms with van der Waals surface area (Å²) in [6.45, 7) is 5.18. The highest BCUT2D eigenvalue weighted by atomic mass is 16.5. The van der Waals surface area contributed by atoms with E-state index in [1.54, 1.807) is 25.3 Å². The summed E-state index contributed by atoms with van der Waals surface area (Å²) in [5, 5.41) is 3.55. The highest BCUT2D eigenvalue weighted by Gasteiger charge is 2.24. The Morgan fingerprint density at radius 2 is 1.82 bits per heavy atom. The van der Waals surface area contributed by atoms with Crippen LogP contribution in [0.3, 0.4) is 0 Å². The van der Waals surface area contributed by atoms with Crippen LogP contribution in [0.4, 0.5) is 11.5 Å². The van der Waals surface area contributed by atoms with E-state index >= 15 is 0 Å². The topological polar surface area (TPSA) is 109 Å². The van der Waals surface area contributed by atoms with Gasteiger partial charge in [0.05, 0.1) is 38.6 Å². The number of benzene rings is 1. The Bertz CT molecular complexity index is 1160. The number of ether oxygens (including phenoxy) is 3. The van der Waals surface area contributed by atoms with Gasteiger partial charge in [-0.1, -0.05) is 6.07 Å². The fourth-order valence-corrected chi connectivity index (χ4v) is 4.07. The molecule has 1 saturated heterocycles. The molecule has 3 aromatic rings. The zero-order valence-corrected chi connectivity index (χ0v) is 19.6. The maximum Gasteiger partial charge on any atom is 0.356 e. The first-order chi connectivity index (χ1) is 16.5. The summed E-state index contributed by atoms with van der Waals surface area (Å²) in [6, 6.07) is 9.30. The van der Waals surface area contributed by atoms with Crippen LogP contribution in [0.25, 0.3) is 10.9 Å². The molecule has 1 fully saturated rings. The number of hydrogen-bond donors (Lipinski definition) is 2. The lowest BCUT2D eigenvalue weighted by molar-refractivity contribution is -0.117. The van der Waals surface area contributed by atoms with Crippen molar-refractivity contribution < 1.29 is 23.8 Å². The number of carbonyl (C=O) groups is 2. The summed E-state index contributed by atoms with van der Waals surface area (Å²) in [5.74, 6) is 1.18. The molecule has 1 amide bonds. The Morgan fingerprint density at radius 3 is 2.47 bits per heavy atom. The van der Waals surface area contributed by atoms with Gasteiger partial charge < -0.3 is 29.4 Å². The zero-order chi connectivity index (χ0) is 24.1. The second kappa shape index (κ2) is 10.4. The van der Waals surface area contributed by atoms with E-state index in [2.05, 4.69) is 25.1 Å². The highest BCUT2D eigenvalue weighted by Crippen LogP contribution is 2.37. The monoisotopic (exact) mass is 467 g/mol. The van der Waals surface area contributed by atoms with E-state index in [1.165, 1.54) is 14.2 Å². The van der Waals surface area contributed by atoms with E-state index in [1.807, 2.05) is 18.2 Å². The highest BCUT2D eigenvalue weighted by molar-refractivity contribution is 6.11. The van der Waals surface area contributed by atoms with Crippen LogP contribution in [0.15, 0.2) is 36.5 Å². The zero-order valence-electron chi connectivity index (χ0n) is 19.6. The van der Waals surface area contributed by atoms with Gasteiger partial charge in [0.25, 0.3) is 0 Å². The van der Waals surface area contributed by atoms with Crippen LogP contribution < -0.4 is 19.7 Å². The minimum atomic E-state index is -0.545. The molecular formula is C24H29N5O5. The van der Waals surface area contributed by atoms with E-state index in [4.69, 9.17) is 14.2 Å². The molecule has 2 N–H and O–H groups in total. The summed E-state index contributed by atoms with van der Waals surface area (Å²) >= 11 is 0. The lowest BCUT2D eigenvalue weighted by Crippen LogP contribution is -2.48. The lowest BCUT2D eigenvalue weighted by atomic mass is 10.2. The normalized spacial score (nSPS) is 14.1. The maximum atomic E-state index is 13.0. The molecule has 1 aromatic carbocycles. The van der Waals surface area contributed by atoms with Crippen molar-refractivity contribution in [3.05, 3.63) is 42.2 Å². The number of hydrogen-bond acceptors (Lipinski definition) is 8. The number of esters is 1. The fraction of sp³-hybridized carbons (Fsp3) is 0.375. The van der Waals surface area contributed by atoms with Gasteiger partial charge in [0.1, 0.15) is 11.5 Å². The van der Waals surface area contributed by atoms with Gasteiger partial charge in [-0.3, -0.25) is 9.69 Å². The summed E-state index contributed by atoms with van der Waals surface area (Å²) in [5.41, 5.74) is 1.17. The predicted molar refractivity (Wildman–Crippen MR) is 129 cm³/mol. The number of nitrogens with zero attached hydrogens (tertiary/aromatic N) is 3. The molecule has 180 valence electrons. The van der Waals surface area contributed by atoms with Crippen molar-refractivity contribution in [2.75, 3.05) is 63.8 Å². The van der Waals surface area contributed by atoms with Gasteiger partial charge in [0.2, 0.25) is 5.91 Å². The van der Waals surface area contributed by atoms with E-state index in [0.717, 1.165) is 32.0 Å². The summed E-state index contributed by atoms with van der Waals surface area (Å²) in [4.78, 5) is 37.3. The molecule has 0 unspecified atom stereocenters. The second-order valence-corrected chi connectivity index (χ2v) is 7.85. The molecule has 0 bridgehead atoms. The number of pyridine rings is 1. The van der Waals surface area contributed by atoms with Crippen LogP contribution in [0.5, 0.6) is 11.5 Å². The number of amides is 1. The summed E-state index contributed by atoms with van der Waals surface area (Å²) in [7, 11) is 3.07. The molecule has 0 aliphatic carbocycles. The largest absolute Gasteiger partial charge is 0.493 e. The molecule has 10 heteroatoms. The van der Waals surface area contributed by atoms with Gasteiger partial charge in [-0.2, -0.15) is 0 Å². The Hall–Kier alpha value is -3.79. The molecular weight excluding hydrogens is 438 g/mol. The van der Waals surface area contributed by atoms with Crippen LogP contribution in [-0.4, -0.2) is 80.3 Å². The molecule has 0 radical (unpaired) electrons. The van der Waals surface area contributed by atoms with Crippen molar-refractivity contribution in [3.63, 3.8) is 0 Å². The fourth-order valence-electron chi connectivity index (χ4n) is 4.07. The number of anilines is 2. The van der Waals surface area contributed by atoms with Crippen molar-refractivity contribution in [3.8, 4) is 11.5 Å². The SMILES string of the molecule is CCOC(=O)c1[nH]c2cc(OC)c(OC)cc2c1NC(=O)CN1CCN(c2ccccn2)CC1. The average Bonchev–Trinajstić information content (AvgIpc) is 3.21. The molecule has 2 aromatic heterocycles. The van der Waals surface area contributed by atoms with Crippen LogP contribution in [0, 0.1) is 0 Å². The minimum Gasteiger partial charge on any atom is -0.493 e.